The number of hydrogen-bond donors (Lipinski definition) is 1. The number of aliphatic hydroxyl groups excluding tert-OH is 1. The lowest BCUT2D eigenvalue weighted by Gasteiger charge is -2.59. The van der Waals surface area contributed by atoms with Crippen LogP contribution in [-0.4, -0.2) is 28.7 Å². The average Bonchev–Trinajstić information content (AvgIpc) is 3.34. The predicted octanol–water partition coefficient (Wildman–Crippen LogP) is 6.73. The molecule has 0 amide bonds. The number of fused-ring (bicyclic) bond motifs is 4. The summed E-state index contributed by atoms with van der Waals surface area (Å²) in [7, 11) is 0. The van der Waals surface area contributed by atoms with Crippen LogP contribution in [0.15, 0.2) is 24.3 Å². The number of hydrogen-bond acceptors (Lipinski definition) is 3. The van der Waals surface area contributed by atoms with Crippen LogP contribution in [0.1, 0.15) is 70.8 Å². The summed E-state index contributed by atoms with van der Waals surface area (Å²) < 4.78 is 6.44. The summed E-state index contributed by atoms with van der Waals surface area (Å²) in [5.41, 5.74) is 0.994. The average molecular weight is 489 g/mol. The third-order valence-electron chi connectivity index (χ3n) is 10.8. The standard InChI is InChI=1S/C28H34Cl2O3/c1-26-11-10-21-19(14-25-28(33-25)15-18(31)9-12-27(21,28)2)20(26)6-7-22(26)24(32)8-4-16-3-5-17(29)13-23(16)30/h3-5,8,13,18-22,25,31H,6-7,9-12,14-15H2,1-2H3/b8-4+/t18-,19-,20-,21-,22+,25-,26-,27+,28-/m0/s1. The van der Waals surface area contributed by atoms with Crippen LogP contribution in [0.3, 0.4) is 0 Å². The first kappa shape index (κ1) is 22.6. The molecule has 6 rings (SSSR count). The fourth-order valence-electron chi connectivity index (χ4n) is 9.05. The summed E-state index contributed by atoms with van der Waals surface area (Å²) in [6, 6.07) is 5.39. The van der Waals surface area contributed by atoms with E-state index in [2.05, 4.69) is 13.8 Å². The minimum Gasteiger partial charge on any atom is -0.393 e. The summed E-state index contributed by atoms with van der Waals surface area (Å²) in [5.74, 6) is 2.20. The number of halogens is 2. The Labute approximate surface area is 206 Å². The molecule has 0 bridgehead atoms. The summed E-state index contributed by atoms with van der Waals surface area (Å²) in [6.45, 7) is 4.84. The maximum atomic E-state index is 13.4. The molecule has 9 atom stereocenters. The number of aliphatic hydroxyl groups is 1. The summed E-state index contributed by atoms with van der Waals surface area (Å²) in [4.78, 5) is 13.4. The molecule has 178 valence electrons. The van der Waals surface area contributed by atoms with Gasteiger partial charge in [0.25, 0.3) is 0 Å². The molecule has 1 saturated heterocycles. The zero-order valence-corrected chi connectivity index (χ0v) is 21.0. The van der Waals surface area contributed by atoms with Crippen molar-refractivity contribution >= 4 is 35.1 Å². The first-order chi connectivity index (χ1) is 15.7. The molecule has 1 aromatic carbocycles. The Kier molecular flexibility index (Phi) is 5.18. The number of carbonyl (C=O) groups excluding carboxylic acids is 1. The highest BCUT2D eigenvalue weighted by Gasteiger charge is 2.76. The molecule has 5 aliphatic rings. The molecule has 33 heavy (non-hydrogen) atoms. The first-order valence-electron chi connectivity index (χ1n) is 12.7. The Bertz CT molecular complexity index is 1020. The quantitative estimate of drug-likeness (QED) is 0.379. The lowest BCUT2D eigenvalue weighted by molar-refractivity contribution is -0.131. The molecule has 5 heteroatoms. The van der Waals surface area contributed by atoms with Crippen LogP contribution in [0.4, 0.5) is 0 Å². The second-order valence-electron chi connectivity index (χ2n) is 12.0. The normalized spacial score (nSPS) is 48.0. The third-order valence-corrected chi connectivity index (χ3v) is 11.4. The van der Waals surface area contributed by atoms with Crippen LogP contribution in [0, 0.1) is 34.5 Å². The van der Waals surface area contributed by atoms with Crippen molar-refractivity contribution < 1.29 is 14.6 Å². The summed E-state index contributed by atoms with van der Waals surface area (Å²) in [6.07, 6.45) is 12.0. The van der Waals surface area contributed by atoms with Gasteiger partial charge in [0.1, 0.15) is 5.60 Å². The lowest BCUT2D eigenvalue weighted by atomic mass is 9.44. The number of rotatable bonds is 3. The van der Waals surface area contributed by atoms with E-state index in [1.807, 2.05) is 12.1 Å². The molecule has 0 unspecified atom stereocenters. The molecular formula is C28H34Cl2O3. The topological polar surface area (TPSA) is 49.8 Å². The van der Waals surface area contributed by atoms with E-state index >= 15 is 0 Å². The number of benzene rings is 1. The maximum absolute atomic E-state index is 13.4. The van der Waals surface area contributed by atoms with Gasteiger partial charge in [-0.15, -0.1) is 0 Å². The molecule has 1 aromatic rings. The number of ketones is 1. The van der Waals surface area contributed by atoms with Crippen molar-refractivity contribution in [3.05, 3.63) is 39.9 Å². The highest BCUT2D eigenvalue weighted by atomic mass is 35.5. The van der Waals surface area contributed by atoms with E-state index in [-0.39, 0.29) is 34.2 Å². The highest BCUT2D eigenvalue weighted by Crippen LogP contribution is 2.73. The molecule has 1 aliphatic heterocycles. The number of allylic oxidation sites excluding steroid dienone is 1. The summed E-state index contributed by atoms with van der Waals surface area (Å²) in [5, 5.41) is 11.5. The van der Waals surface area contributed by atoms with Crippen LogP contribution < -0.4 is 0 Å². The largest absolute Gasteiger partial charge is 0.393 e. The second kappa shape index (κ2) is 7.56. The Morgan fingerprint density at radius 2 is 1.94 bits per heavy atom. The van der Waals surface area contributed by atoms with E-state index in [4.69, 9.17) is 27.9 Å². The summed E-state index contributed by atoms with van der Waals surface area (Å²) >= 11 is 12.3. The van der Waals surface area contributed by atoms with Gasteiger partial charge >= 0.3 is 0 Å². The minimum atomic E-state index is -0.206. The molecule has 0 aromatic heterocycles. The van der Waals surface area contributed by atoms with Gasteiger partial charge in [-0.3, -0.25) is 4.79 Å². The van der Waals surface area contributed by atoms with Gasteiger partial charge in [-0.2, -0.15) is 0 Å². The molecule has 0 radical (unpaired) electrons. The Morgan fingerprint density at radius 1 is 1.12 bits per heavy atom. The highest BCUT2D eigenvalue weighted by molar-refractivity contribution is 6.35. The van der Waals surface area contributed by atoms with Crippen molar-refractivity contribution in [2.75, 3.05) is 0 Å². The smallest absolute Gasteiger partial charge is 0.159 e. The van der Waals surface area contributed by atoms with E-state index in [1.165, 1.54) is 6.42 Å². The fraction of sp³-hybridized carbons (Fsp3) is 0.679. The monoisotopic (exact) mass is 488 g/mol. The van der Waals surface area contributed by atoms with Gasteiger partial charge in [0, 0.05) is 27.8 Å². The van der Waals surface area contributed by atoms with Crippen LogP contribution in [0.2, 0.25) is 10.0 Å². The van der Waals surface area contributed by atoms with Crippen LogP contribution >= 0.6 is 23.2 Å². The predicted molar refractivity (Wildman–Crippen MR) is 131 cm³/mol. The van der Waals surface area contributed by atoms with Crippen LogP contribution in [0.25, 0.3) is 6.08 Å². The molecule has 1 spiro atoms. The van der Waals surface area contributed by atoms with Crippen molar-refractivity contribution in [3.8, 4) is 0 Å². The number of epoxide rings is 1. The van der Waals surface area contributed by atoms with E-state index in [1.54, 1.807) is 18.2 Å². The van der Waals surface area contributed by atoms with Gasteiger partial charge in [0.05, 0.1) is 12.2 Å². The number of ether oxygens (including phenoxy) is 1. The van der Waals surface area contributed by atoms with Crippen molar-refractivity contribution in [1.29, 1.82) is 0 Å². The zero-order valence-electron chi connectivity index (χ0n) is 19.5. The molecule has 1 N–H and O–H groups in total. The van der Waals surface area contributed by atoms with Crippen molar-refractivity contribution in [2.24, 2.45) is 34.5 Å². The minimum absolute atomic E-state index is 0.0613. The van der Waals surface area contributed by atoms with Gasteiger partial charge in [-0.25, -0.2) is 0 Å². The fourth-order valence-corrected chi connectivity index (χ4v) is 9.52. The van der Waals surface area contributed by atoms with Crippen molar-refractivity contribution in [2.45, 2.75) is 83.0 Å². The van der Waals surface area contributed by atoms with Crippen LogP contribution in [0.5, 0.6) is 0 Å². The van der Waals surface area contributed by atoms with Gasteiger partial charge in [-0.05, 0) is 98.0 Å². The Balaban J connectivity index is 1.23. The van der Waals surface area contributed by atoms with Crippen molar-refractivity contribution in [1.82, 2.24) is 0 Å². The van der Waals surface area contributed by atoms with Crippen molar-refractivity contribution in [3.63, 3.8) is 0 Å². The molecule has 1 heterocycles. The Hall–Kier alpha value is -0.870. The second-order valence-corrected chi connectivity index (χ2v) is 12.8. The van der Waals surface area contributed by atoms with E-state index < -0.39 is 0 Å². The van der Waals surface area contributed by atoms with E-state index in [0.717, 1.165) is 50.5 Å². The zero-order chi connectivity index (χ0) is 23.2. The SMILES string of the molecule is C[C@]12CC[C@H]3[C@@H](C[C@@H]4O[C@@]45C[C@@H](O)CC[C@]35C)[C@@H]1CC[C@@H]2C(=O)/C=C/c1ccc(Cl)cc1Cl. The molecule has 3 nitrogen and oxygen atoms in total. The molecular weight excluding hydrogens is 455 g/mol. The first-order valence-corrected chi connectivity index (χ1v) is 13.5. The van der Waals surface area contributed by atoms with Crippen LogP contribution in [-0.2, 0) is 9.53 Å². The van der Waals surface area contributed by atoms with E-state index in [0.29, 0.717) is 33.9 Å². The van der Waals surface area contributed by atoms with Gasteiger partial charge in [0.15, 0.2) is 5.78 Å². The molecule has 5 fully saturated rings. The Morgan fingerprint density at radius 3 is 2.73 bits per heavy atom. The van der Waals surface area contributed by atoms with Gasteiger partial charge < -0.3 is 9.84 Å². The third kappa shape index (κ3) is 3.18. The van der Waals surface area contributed by atoms with E-state index in [9.17, 15) is 9.90 Å². The molecule has 4 aliphatic carbocycles. The number of carbonyl (C=O) groups is 1. The molecule has 4 saturated carbocycles. The van der Waals surface area contributed by atoms with Gasteiger partial charge in [0.2, 0.25) is 0 Å². The lowest BCUT2D eigenvalue weighted by Crippen LogP contribution is -2.58. The van der Waals surface area contributed by atoms with Gasteiger partial charge in [-0.1, -0.05) is 43.1 Å². The maximum Gasteiger partial charge on any atom is 0.159 e.